The lowest BCUT2D eigenvalue weighted by Crippen LogP contribution is -2.40. The molecule has 0 bridgehead atoms. The highest BCUT2D eigenvalue weighted by molar-refractivity contribution is 7.30. The highest BCUT2D eigenvalue weighted by Gasteiger charge is 2.57. The van der Waals surface area contributed by atoms with Gasteiger partial charge < -0.3 is 10.00 Å². The van der Waals surface area contributed by atoms with Crippen LogP contribution < -0.4 is 4.89 Å². The third-order valence-corrected chi connectivity index (χ3v) is 4.50. The molecule has 2 unspecified atom stereocenters. The van der Waals surface area contributed by atoms with Gasteiger partial charge in [0.25, 0.3) is 0 Å². The van der Waals surface area contributed by atoms with Gasteiger partial charge in [-0.15, -0.1) is 4.52 Å². The number of aliphatic hydroxyl groups is 1. The van der Waals surface area contributed by atoms with Crippen molar-refractivity contribution < 1.29 is 19.1 Å². The van der Waals surface area contributed by atoms with Crippen LogP contribution in [-0.4, -0.2) is 17.8 Å². The number of hydrogen-bond acceptors (Lipinski definition) is 4. The number of hydrogen-bond donors (Lipinski definition) is 1. The standard InChI is InChI=1S/C10H19O4P/c1-7-5-10(4,6-11)9(2,3)8(7)14-15(12)13/h7-8,11H,5-6H2,1-4H3/t7-,8?,10-/m1/s1. The predicted molar refractivity (Wildman–Crippen MR) is 55.2 cm³/mol. The first-order valence-electron chi connectivity index (χ1n) is 5.16. The van der Waals surface area contributed by atoms with E-state index in [-0.39, 0.29) is 29.5 Å². The van der Waals surface area contributed by atoms with Crippen molar-refractivity contribution in [3.8, 4) is 0 Å². The van der Waals surface area contributed by atoms with E-state index in [9.17, 15) is 14.6 Å². The van der Waals surface area contributed by atoms with Crippen LogP contribution in [0.4, 0.5) is 0 Å². The monoisotopic (exact) mass is 234 g/mol. The Morgan fingerprint density at radius 2 is 2.07 bits per heavy atom. The molecule has 1 aliphatic rings. The molecule has 0 aromatic rings. The molecule has 0 saturated heterocycles. The molecule has 0 spiro atoms. The second-order valence-electron chi connectivity index (χ2n) is 5.37. The van der Waals surface area contributed by atoms with Gasteiger partial charge in [-0.2, -0.15) is 0 Å². The Labute approximate surface area is 91.6 Å². The molecule has 0 heterocycles. The second kappa shape index (κ2) is 4.10. The molecule has 0 radical (unpaired) electrons. The fraction of sp³-hybridized carbons (Fsp3) is 1.00. The zero-order chi connectivity index (χ0) is 11.9. The predicted octanol–water partition coefficient (Wildman–Crippen LogP) is 1.45. The molecule has 88 valence electrons. The topological polar surface area (TPSA) is 69.6 Å². The van der Waals surface area contributed by atoms with Crippen molar-refractivity contribution in [2.45, 2.75) is 40.2 Å². The summed E-state index contributed by atoms with van der Waals surface area (Å²) < 4.78 is 15.6. The molecule has 15 heavy (non-hydrogen) atoms. The van der Waals surface area contributed by atoms with Crippen LogP contribution in [0.3, 0.4) is 0 Å². The first kappa shape index (κ1) is 13.0. The quantitative estimate of drug-likeness (QED) is 0.750. The van der Waals surface area contributed by atoms with Crippen molar-refractivity contribution in [3.05, 3.63) is 0 Å². The fourth-order valence-corrected chi connectivity index (χ4v) is 3.39. The largest absolute Gasteiger partial charge is 0.566 e. The molecule has 4 nitrogen and oxygen atoms in total. The van der Waals surface area contributed by atoms with Gasteiger partial charge in [0.2, 0.25) is 0 Å². The Hall–Kier alpha value is -0.0200. The van der Waals surface area contributed by atoms with E-state index < -0.39 is 8.25 Å². The van der Waals surface area contributed by atoms with Gasteiger partial charge in [0.05, 0.1) is 0 Å². The van der Waals surface area contributed by atoms with Crippen molar-refractivity contribution in [1.29, 1.82) is 0 Å². The van der Waals surface area contributed by atoms with Crippen molar-refractivity contribution in [3.63, 3.8) is 0 Å². The molecular weight excluding hydrogens is 215 g/mol. The molecule has 1 N–H and O–H groups in total. The maximum Gasteiger partial charge on any atom is 0.488 e. The summed E-state index contributed by atoms with van der Waals surface area (Å²) in [5, 5.41) is 9.42. The normalized spacial score (nSPS) is 40.5. The zero-order valence-electron chi connectivity index (χ0n) is 9.69. The van der Waals surface area contributed by atoms with E-state index in [4.69, 9.17) is 4.52 Å². The summed E-state index contributed by atoms with van der Waals surface area (Å²) in [6.07, 6.45) is 0.445. The summed E-state index contributed by atoms with van der Waals surface area (Å²) in [5.74, 6) is 0.144. The number of rotatable bonds is 3. The summed E-state index contributed by atoms with van der Waals surface area (Å²) in [7, 11) is -2.82. The van der Waals surface area contributed by atoms with Crippen molar-refractivity contribution >= 4 is 8.25 Å². The van der Waals surface area contributed by atoms with Gasteiger partial charge in [-0.05, 0) is 22.3 Å². The van der Waals surface area contributed by atoms with Crippen LogP contribution in [0.2, 0.25) is 0 Å². The van der Waals surface area contributed by atoms with E-state index in [1.165, 1.54) is 0 Å². The lowest BCUT2D eigenvalue weighted by molar-refractivity contribution is -0.195. The van der Waals surface area contributed by atoms with Gasteiger partial charge in [-0.1, -0.05) is 27.7 Å². The lowest BCUT2D eigenvalue weighted by atomic mass is 9.69. The van der Waals surface area contributed by atoms with Gasteiger partial charge in [-0.25, -0.2) is 0 Å². The minimum Gasteiger partial charge on any atom is -0.566 e. The van der Waals surface area contributed by atoms with E-state index in [1.807, 2.05) is 27.7 Å². The Balaban J connectivity index is 2.95. The molecule has 0 amide bonds. The summed E-state index contributed by atoms with van der Waals surface area (Å²) in [6, 6.07) is 0. The van der Waals surface area contributed by atoms with Crippen molar-refractivity contribution in [2.24, 2.45) is 16.7 Å². The molecule has 0 aliphatic heterocycles. The van der Waals surface area contributed by atoms with Gasteiger partial charge in [0, 0.05) is 12.0 Å². The smallest absolute Gasteiger partial charge is 0.488 e. The van der Waals surface area contributed by atoms with E-state index in [1.54, 1.807) is 0 Å². The Morgan fingerprint density at radius 1 is 1.53 bits per heavy atom. The van der Waals surface area contributed by atoms with Gasteiger partial charge in [0.1, 0.15) is 6.10 Å². The summed E-state index contributed by atoms with van der Waals surface area (Å²) in [4.78, 5) is 10.6. The van der Waals surface area contributed by atoms with E-state index >= 15 is 0 Å². The summed E-state index contributed by atoms with van der Waals surface area (Å²) >= 11 is 0. The molecule has 1 fully saturated rings. The van der Waals surface area contributed by atoms with Gasteiger partial charge >= 0.3 is 8.25 Å². The van der Waals surface area contributed by atoms with Crippen LogP contribution in [0.5, 0.6) is 0 Å². The molecule has 1 aliphatic carbocycles. The Kier molecular flexibility index (Phi) is 3.56. The maximum absolute atomic E-state index is 10.6. The molecule has 0 aromatic carbocycles. The summed E-state index contributed by atoms with van der Waals surface area (Å²) in [6.45, 7) is 7.91. The molecule has 1 rings (SSSR count). The summed E-state index contributed by atoms with van der Waals surface area (Å²) in [5.41, 5.74) is -0.612. The lowest BCUT2D eigenvalue weighted by Gasteiger charge is -2.38. The highest BCUT2D eigenvalue weighted by atomic mass is 31.1. The van der Waals surface area contributed by atoms with Crippen LogP contribution in [0.1, 0.15) is 34.1 Å². The molecule has 1 saturated carbocycles. The average molecular weight is 234 g/mol. The highest BCUT2D eigenvalue weighted by Crippen LogP contribution is 2.56. The van der Waals surface area contributed by atoms with Crippen LogP contribution in [0.25, 0.3) is 0 Å². The first-order valence-corrected chi connectivity index (χ1v) is 6.26. The van der Waals surface area contributed by atoms with Crippen LogP contribution >= 0.6 is 8.25 Å². The van der Waals surface area contributed by atoms with Crippen molar-refractivity contribution in [1.82, 2.24) is 0 Å². The van der Waals surface area contributed by atoms with Crippen LogP contribution in [0, 0.1) is 16.7 Å². The molecule has 5 heteroatoms. The number of aliphatic hydroxyl groups excluding tert-OH is 1. The fourth-order valence-electron chi connectivity index (χ4n) is 2.73. The SMILES string of the molecule is C[C@@H]1C[C@](C)(CO)C(C)(C)C1O[P+](=O)[O-]. The van der Waals surface area contributed by atoms with E-state index in [0.29, 0.717) is 0 Å². The molecule has 4 atom stereocenters. The molecular formula is C10H19O4P. The van der Waals surface area contributed by atoms with Crippen molar-refractivity contribution in [2.75, 3.05) is 6.61 Å². The van der Waals surface area contributed by atoms with Gasteiger partial charge in [0.15, 0.2) is 0 Å². The average Bonchev–Trinajstić information content (AvgIpc) is 2.27. The molecule has 0 aromatic heterocycles. The third-order valence-electron chi connectivity index (χ3n) is 4.10. The Bertz CT molecular complexity index is 266. The van der Waals surface area contributed by atoms with E-state index in [0.717, 1.165) is 6.42 Å². The second-order valence-corrected chi connectivity index (χ2v) is 6.03. The van der Waals surface area contributed by atoms with Crippen LogP contribution in [-0.2, 0) is 9.09 Å². The van der Waals surface area contributed by atoms with Gasteiger partial charge in [-0.3, -0.25) is 0 Å². The minimum absolute atomic E-state index is 0.0554. The van der Waals surface area contributed by atoms with E-state index in [2.05, 4.69) is 0 Å². The zero-order valence-corrected chi connectivity index (χ0v) is 10.6. The third kappa shape index (κ3) is 2.09. The first-order chi connectivity index (χ1) is 6.74. The maximum atomic E-state index is 10.6. The minimum atomic E-state index is -2.82. The van der Waals surface area contributed by atoms with Crippen LogP contribution in [0.15, 0.2) is 0 Å². The Morgan fingerprint density at radius 3 is 2.40 bits per heavy atom.